The first-order valence-corrected chi connectivity index (χ1v) is 8.80. The van der Waals surface area contributed by atoms with Crippen molar-refractivity contribution in [2.24, 2.45) is 10.9 Å². The molecule has 9 heteroatoms. The smallest absolute Gasteiger partial charge is 0.271 e. The van der Waals surface area contributed by atoms with Crippen LogP contribution >= 0.6 is 27.3 Å². The molecule has 0 aliphatic heterocycles. The van der Waals surface area contributed by atoms with Gasteiger partial charge in [0.2, 0.25) is 0 Å². The summed E-state index contributed by atoms with van der Waals surface area (Å²) in [5, 5.41) is 11.8. The zero-order valence-corrected chi connectivity index (χ0v) is 14.1. The van der Waals surface area contributed by atoms with Crippen LogP contribution in [0.1, 0.15) is 11.1 Å². The SMILES string of the molecule is Cc1cccc(NS(=O)(=O)c2ccc(Br)s2)c1/C(N)=N/O. The minimum atomic E-state index is -3.73. The van der Waals surface area contributed by atoms with E-state index in [1.807, 2.05) is 0 Å². The first-order valence-electron chi connectivity index (χ1n) is 5.71. The summed E-state index contributed by atoms with van der Waals surface area (Å²) in [6, 6.07) is 8.13. The van der Waals surface area contributed by atoms with E-state index in [9.17, 15) is 8.42 Å². The molecule has 0 unspecified atom stereocenters. The van der Waals surface area contributed by atoms with Crippen LogP contribution in [-0.2, 0) is 10.0 Å². The van der Waals surface area contributed by atoms with Crippen LogP contribution in [0, 0.1) is 6.92 Å². The number of nitrogens with zero attached hydrogens (tertiary/aromatic N) is 1. The molecule has 4 N–H and O–H groups in total. The lowest BCUT2D eigenvalue weighted by molar-refractivity contribution is 0.318. The van der Waals surface area contributed by atoms with Crippen molar-refractivity contribution in [3.8, 4) is 0 Å². The van der Waals surface area contributed by atoms with Crippen molar-refractivity contribution in [2.45, 2.75) is 11.1 Å². The van der Waals surface area contributed by atoms with Crippen LogP contribution in [0.25, 0.3) is 0 Å². The molecule has 0 aliphatic carbocycles. The number of sulfonamides is 1. The Kier molecular flexibility index (Phi) is 4.55. The molecule has 0 amide bonds. The fraction of sp³-hybridized carbons (Fsp3) is 0.0833. The number of hydrogen-bond donors (Lipinski definition) is 3. The van der Waals surface area contributed by atoms with E-state index < -0.39 is 10.0 Å². The number of anilines is 1. The molecule has 0 radical (unpaired) electrons. The third-order valence-electron chi connectivity index (χ3n) is 2.69. The Morgan fingerprint density at radius 2 is 2.10 bits per heavy atom. The van der Waals surface area contributed by atoms with Crippen molar-refractivity contribution in [1.82, 2.24) is 0 Å². The minimum absolute atomic E-state index is 0.154. The molecular formula is C12H12BrN3O3S2. The average molecular weight is 390 g/mol. The largest absolute Gasteiger partial charge is 0.409 e. The highest BCUT2D eigenvalue weighted by Gasteiger charge is 2.20. The maximum atomic E-state index is 12.3. The van der Waals surface area contributed by atoms with E-state index in [2.05, 4.69) is 25.8 Å². The monoisotopic (exact) mass is 389 g/mol. The second-order valence-electron chi connectivity index (χ2n) is 4.15. The van der Waals surface area contributed by atoms with Crippen LogP contribution in [-0.4, -0.2) is 19.5 Å². The zero-order chi connectivity index (χ0) is 15.6. The third-order valence-corrected chi connectivity index (χ3v) is 6.18. The van der Waals surface area contributed by atoms with Gasteiger partial charge in [-0.25, -0.2) is 8.42 Å². The maximum absolute atomic E-state index is 12.3. The van der Waals surface area contributed by atoms with Gasteiger partial charge in [-0.05, 0) is 46.6 Å². The summed E-state index contributed by atoms with van der Waals surface area (Å²) in [5.74, 6) is -0.154. The molecule has 6 nitrogen and oxygen atoms in total. The van der Waals surface area contributed by atoms with Crippen molar-refractivity contribution < 1.29 is 13.6 Å². The lowest BCUT2D eigenvalue weighted by Gasteiger charge is -2.13. The fourth-order valence-corrected chi connectivity index (χ4v) is 4.86. The van der Waals surface area contributed by atoms with E-state index in [1.165, 1.54) is 6.07 Å². The van der Waals surface area contributed by atoms with E-state index in [4.69, 9.17) is 10.9 Å². The summed E-state index contributed by atoms with van der Waals surface area (Å²) in [6.45, 7) is 1.74. The van der Waals surface area contributed by atoms with Gasteiger partial charge in [-0.2, -0.15) is 0 Å². The lowest BCUT2D eigenvalue weighted by atomic mass is 10.1. The van der Waals surface area contributed by atoms with Gasteiger partial charge >= 0.3 is 0 Å². The van der Waals surface area contributed by atoms with Crippen LogP contribution in [0.5, 0.6) is 0 Å². The molecule has 0 saturated carbocycles. The zero-order valence-electron chi connectivity index (χ0n) is 10.9. The topological polar surface area (TPSA) is 105 Å². The number of benzene rings is 1. The number of oxime groups is 1. The van der Waals surface area contributed by atoms with Crippen molar-refractivity contribution in [1.29, 1.82) is 0 Å². The molecule has 112 valence electrons. The van der Waals surface area contributed by atoms with Crippen molar-refractivity contribution in [3.63, 3.8) is 0 Å². The molecule has 0 atom stereocenters. The van der Waals surface area contributed by atoms with Crippen molar-refractivity contribution in [2.75, 3.05) is 4.72 Å². The average Bonchev–Trinajstić information content (AvgIpc) is 2.85. The maximum Gasteiger partial charge on any atom is 0.271 e. The number of amidine groups is 1. The van der Waals surface area contributed by atoms with E-state index in [0.29, 0.717) is 14.9 Å². The molecule has 21 heavy (non-hydrogen) atoms. The normalized spacial score (nSPS) is 12.4. The van der Waals surface area contributed by atoms with Gasteiger partial charge in [0.25, 0.3) is 10.0 Å². The Bertz CT molecular complexity index is 800. The van der Waals surface area contributed by atoms with Gasteiger partial charge in [-0.1, -0.05) is 17.3 Å². The summed E-state index contributed by atoms with van der Waals surface area (Å²) in [7, 11) is -3.73. The van der Waals surface area contributed by atoms with Crippen molar-refractivity contribution >= 4 is 48.8 Å². The molecular weight excluding hydrogens is 378 g/mol. The highest BCUT2D eigenvalue weighted by atomic mass is 79.9. The quantitative estimate of drug-likeness (QED) is 0.323. The molecule has 1 aromatic carbocycles. The summed E-state index contributed by atoms with van der Waals surface area (Å²) in [4.78, 5) is 0. The van der Waals surface area contributed by atoms with Gasteiger partial charge in [0.05, 0.1) is 9.47 Å². The highest BCUT2D eigenvalue weighted by Crippen LogP contribution is 2.29. The van der Waals surface area contributed by atoms with Gasteiger partial charge < -0.3 is 10.9 Å². The van der Waals surface area contributed by atoms with E-state index in [0.717, 1.165) is 11.3 Å². The fourth-order valence-electron chi connectivity index (χ4n) is 1.78. The number of nitrogens with one attached hydrogen (secondary N) is 1. The molecule has 0 saturated heterocycles. The summed E-state index contributed by atoms with van der Waals surface area (Å²) in [6.07, 6.45) is 0. The second-order valence-corrected chi connectivity index (χ2v) is 8.52. The summed E-state index contributed by atoms with van der Waals surface area (Å²) >= 11 is 4.32. The standard InChI is InChI=1S/C12H12BrN3O3S2/c1-7-3-2-4-8(11(7)12(14)15-17)16-21(18,19)10-6-5-9(13)20-10/h2-6,16-17H,1H3,(H2,14,15). The molecule has 0 spiro atoms. The first kappa shape index (κ1) is 15.8. The van der Waals surface area contributed by atoms with Gasteiger partial charge in [-0.3, -0.25) is 4.72 Å². The number of thiophene rings is 1. The van der Waals surface area contributed by atoms with Crippen LogP contribution in [0.15, 0.2) is 43.5 Å². The first-order chi connectivity index (χ1) is 9.85. The Morgan fingerprint density at radius 3 is 2.67 bits per heavy atom. The van der Waals surface area contributed by atoms with E-state index in [1.54, 1.807) is 31.2 Å². The van der Waals surface area contributed by atoms with E-state index in [-0.39, 0.29) is 15.7 Å². The molecule has 1 aromatic heterocycles. The Labute approximate surface area is 134 Å². The van der Waals surface area contributed by atoms with E-state index >= 15 is 0 Å². The second kappa shape index (κ2) is 6.04. The van der Waals surface area contributed by atoms with Crippen LogP contribution in [0.3, 0.4) is 0 Å². The Morgan fingerprint density at radius 1 is 1.38 bits per heavy atom. The van der Waals surface area contributed by atoms with Crippen LogP contribution in [0.4, 0.5) is 5.69 Å². The van der Waals surface area contributed by atoms with Gasteiger partial charge in [-0.15, -0.1) is 11.3 Å². The van der Waals surface area contributed by atoms with Gasteiger partial charge in [0, 0.05) is 5.56 Å². The minimum Gasteiger partial charge on any atom is -0.409 e. The number of aryl methyl sites for hydroxylation is 1. The molecule has 0 bridgehead atoms. The lowest BCUT2D eigenvalue weighted by Crippen LogP contribution is -2.20. The molecule has 2 rings (SSSR count). The summed E-state index contributed by atoms with van der Waals surface area (Å²) < 4.78 is 28.0. The predicted molar refractivity (Wildman–Crippen MR) is 86.5 cm³/mol. The third kappa shape index (κ3) is 3.36. The molecule has 1 heterocycles. The molecule has 0 fully saturated rings. The Balaban J connectivity index is 2.47. The van der Waals surface area contributed by atoms with Crippen molar-refractivity contribution in [3.05, 3.63) is 45.2 Å². The number of nitrogens with two attached hydrogens (primary N) is 1. The predicted octanol–water partition coefficient (Wildman–Crippen LogP) is 2.71. The number of rotatable bonds is 4. The molecule has 2 aromatic rings. The van der Waals surface area contributed by atoms with Crippen LogP contribution < -0.4 is 10.5 Å². The van der Waals surface area contributed by atoms with Gasteiger partial charge in [0.1, 0.15) is 4.21 Å². The molecule has 0 aliphatic rings. The number of hydrogen-bond acceptors (Lipinski definition) is 5. The summed E-state index contributed by atoms with van der Waals surface area (Å²) in [5.41, 5.74) is 6.92. The van der Waals surface area contributed by atoms with Crippen LogP contribution in [0.2, 0.25) is 0 Å². The number of halogens is 1. The highest BCUT2D eigenvalue weighted by molar-refractivity contribution is 9.11. The van der Waals surface area contributed by atoms with Gasteiger partial charge in [0.15, 0.2) is 5.84 Å². The Hall–Kier alpha value is -1.58.